The van der Waals surface area contributed by atoms with Crippen LogP contribution in [-0.2, 0) is 22.1 Å². The lowest BCUT2D eigenvalue weighted by Crippen LogP contribution is -2.18. The van der Waals surface area contributed by atoms with Gasteiger partial charge < -0.3 is 5.73 Å². The summed E-state index contributed by atoms with van der Waals surface area (Å²) in [5.41, 5.74) is 7.03. The topological polar surface area (TPSA) is 60.2 Å². The van der Waals surface area contributed by atoms with Gasteiger partial charge in [0.05, 0.1) is 11.0 Å². The average Bonchev–Trinajstić information content (AvgIpc) is 2.30. The van der Waals surface area contributed by atoms with Crippen LogP contribution in [0.25, 0.3) is 0 Å². The average molecular weight is 276 g/mol. The van der Waals surface area contributed by atoms with Gasteiger partial charge in [0, 0.05) is 11.6 Å². The molecule has 3 nitrogen and oxygen atoms in total. The van der Waals surface area contributed by atoms with Crippen molar-refractivity contribution in [2.75, 3.05) is 0 Å². The van der Waals surface area contributed by atoms with Gasteiger partial charge in [-0.1, -0.05) is 30.7 Å². The van der Waals surface area contributed by atoms with E-state index in [1.54, 1.807) is 19.1 Å². The molecule has 2 N–H and O–H groups in total. The molecule has 1 aromatic rings. The van der Waals surface area contributed by atoms with E-state index in [1.165, 1.54) is 0 Å². The largest absolute Gasteiger partial charge is 0.326 e. The molecule has 1 atom stereocenters. The van der Waals surface area contributed by atoms with E-state index < -0.39 is 9.84 Å². The van der Waals surface area contributed by atoms with Crippen LogP contribution in [0.4, 0.5) is 0 Å². The third-order valence-corrected chi connectivity index (χ3v) is 5.52. The summed E-state index contributed by atoms with van der Waals surface area (Å²) in [6.45, 7) is 3.98. The summed E-state index contributed by atoms with van der Waals surface area (Å²) < 4.78 is 23.9. The summed E-state index contributed by atoms with van der Waals surface area (Å²) in [7, 11) is -3.12. The van der Waals surface area contributed by atoms with Crippen molar-refractivity contribution in [2.24, 2.45) is 5.73 Å². The van der Waals surface area contributed by atoms with E-state index >= 15 is 0 Å². The number of sulfone groups is 1. The standard InChI is InChI=1S/C12H18ClNO2S/c1-3-9(2)17(15,16)8-11-5-4-10(7-14)6-12(11)13/h4-6,9H,3,7-8,14H2,1-2H3. The van der Waals surface area contributed by atoms with Crippen molar-refractivity contribution in [3.63, 3.8) is 0 Å². The maximum Gasteiger partial charge on any atom is 0.157 e. The zero-order valence-electron chi connectivity index (χ0n) is 10.1. The Morgan fingerprint density at radius 3 is 2.53 bits per heavy atom. The summed E-state index contributed by atoms with van der Waals surface area (Å²) in [4.78, 5) is 0. The Morgan fingerprint density at radius 2 is 2.06 bits per heavy atom. The minimum atomic E-state index is -3.12. The summed E-state index contributed by atoms with van der Waals surface area (Å²) in [5, 5.41) is 0.132. The molecule has 0 heterocycles. The van der Waals surface area contributed by atoms with Crippen LogP contribution in [0.1, 0.15) is 31.4 Å². The highest BCUT2D eigenvalue weighted by Crippen LogP contribution is 2.22. The highest BCUT2D eigenvalue weighted by atomic mass is 35.5. The third-order valence-electron chi connectivity index (χ3n) is 2.90. The first-order valence-electron chi connectivity index (χ1n) is 5.59. The Morgan fingerprint density at radius 1 is 1.41 bits per heavy atom. The molecule has 0 aliphatic rings. The Kier molecular flexibility index (Phi) is 4.98. The molecule has 0 bridgehead atoms. The molecule has 96 valence electrons. The third kappa shape index (κ3) is 3.69. The normalized spacial score (nSPS) is 13.6. The number of hydrogen-bond acceptors (Lipinski definition) is 3. The van der Waals surface area contributed by atoms with Crippen molar-refractivity contribution in [1.82, 2.24) is 0 Å². The van der Waals surface area contributed by atoms with Crippen molar-refractivity contribution in [2.45, 2.75) is 37.8 Å². The molecule has 0 spiro atoms. The fourth-order valence-electron chi connectivity index (χ4n) is 1.45. The van der Waals surface area contributed by atoms with Gasteiger partial charge in [0.2, 0.25) is 0 Å². The van der Waals surface area contributed by atoms with Crippen LogP contribution in [0.15, 0.2) is 18.2 Å². The number of hydrogen-bond donors (Lipinski definition) is 1. The van der Waals surface area contributed by atoms with Crippen molar-refractivity contribution < 1.29 is 8.42 Å². The van der Waals surface area contributed by atoms with Gasteiger partial charge in [0.1, 0.15) is 0 Å². The minimum absolute atomic E-state index is 0.00824. The van der Waals surface area contributed by atoms with Gasteiger partial charge >= 0.3 is 0 Å². The molecule has 0 fully saturated rings. The van der Waals surface area contributed by atoms with E-state index in [0.717, 1.165) is 5.56 Å². The van der Waals surface area contributed by atoms with Crippen LogP contribution in [0, 0.1) is 0 Å². The lowest BCUT2D eigenvalue weighted by Gasteiger charge is -2.12. The highest BCUT2D eigenvalue weighted by Gasteiger charge is 2.20. The first-order valence-corrected chi connectivity index (χ1v) is 7.69. The molecule has 1 rings (SSSR count). The Hall–Kier alpha value is -0.580. The van der Waals surface area contributed by atoms with Gasteiger partial charge in [-0.3, -0.25) is 0 Å². The van der Waals surface area contributed by atoms with Crippen molar-refractivity contribution >= 4 is 21.4 Å². The molecule has 0 aliphatic heterocycles. The number of halogens is 1. The number of rotatable bonds is 5. The molecule has 0 radical (unpaired) electrons. The lowest BCUT2D eigenvalue weighted by molar-refractivity contribution is 0.580. The summed E-state index contributed by atoms with van der Waals surface area (Å²) in [5.74, 6) is -0.00824. The molecule has 0 saturated heterocycles. The molecule has 0 aliphatic carbocycles. The first kappa shape index (κ1) is 14.5. The van der Waals surface area contributed by atoms with E-state index in [1.807, 2.05) is 13.0 Å². The predicted molar refractivity (Wildman–Crippen MR) is 71.7 cm³/mol. The Balaban J connectivity index is 2.96. The maximum absolute atomic E-state index is 12.0. The van der Waals surface area contributed by atoms with Gasteiger partial charge in [-0.25, -0.2) is 8.42 Å². The fraction of sp³-hybridized carbons (Fsp3) is 0.500. The maximum atomic E-state index is 12.0. The van der Waals surface area contributed by atoms with Crippen molar-refractivity contribution in [1.29, 1.82) is 0 Å². The molecule has 1 unspecified atom stereocenters. The fourth-order valence-corrected chi connectivity index (χ4v) is 3.27. The SMILES string of the molecule is CCC(C)S(=O)(=O)Cc1ccc(CN)cc1Cl. The van der Waals surface area contributed by atoms with Crippen LogP contribution in [0.3, 0.4) is 0 Å². The quantitative estimate of drug-likeness (QED) is 0.898. The molecular weight excluding hydrogens is 258 g/mol. The zero-order chi connectivity index (χ0) is 13.1. The first-order chi connectivity index (χ1) is 7.90. The van der Waals surface area contributed by atoms with Gasteiger partial charge in [-0.2, -0.15) is 0 Å². The van der Waals surface area contributed by atoms with Crippen molar-refractivity contribution in [3.8, 4) is 0 Å². The van der Waals surface area contributed by atoms with Gasteiger partial charge in [0.15, 0.2) is 9.84 Å². The van der Waals surface area contributed by atoms with E-state index in [-0.39, 0.29) is 11.0 Å². The minimum Gasteiger partial charge on any atom is -0.326 e. The van der Waals surface area contributed by atoms with E-state index in [9.17, 15) is 8.42 Å². The number of nitrogens with two attached hydrogens (primary N) is 1. The van der Waals surface area contributed by atoms with Crippen LogP contribution >= 0.6 is 11.6 Å². The summed E-state index contributed by atoms with van der Waals surface area (Å²) in [6, 6.07) is 5.28. The molecule has 17 heavy (non-hydrogen) atoms. The molecule has 0 aromatic heterocycles. The highest BCUT2D eigenvalue weighted by molar-refractivity contribution is 7.91. The molecule has 0 amide bonds. The van der Waals surface area contributed by atoms with Gasteiger partial charge in [0.25, 0.3) is 0 Å². The van der Waals surface area contributed by atoms with E-state index in [4.69, 9.17) is 17.3 Å². The predicted octanol–water partition coefficient (Wildman–Crippen LogP) is 2.51. The number of benzene rings is 1. The second-order valence-electron chi connectivity index (χ2n) is 4.16. The molecular formula is C12H18ClNO2S. The molecule has 0 saturated carbocycles. The second kappa shape index (κ2) is 5.85. The molecule has 1 aromatic carbocycles. The van der Waals surface area contributed by atoms with Gasteiger partial charge in [-0.05, 0) is 30.5 Å². The van der Waals surface area contributed by atoms with Gasteiger partial charge in [-0.15, -0.1) is 0 Å². The van der Waals surface area contributed by atoms with E-state index in [0.29, 0.717) is 23.6 Å². The van der Waals surface area contributed by atoms with Crippen molar-refractivity contribution in [3.05, 3.63) is 34.3 Å². The zero-order valence-corrected chi connectivity index (χ0v) is 11.7. The monoisotopic (exact) mass is 275 g/mol. The lowest BCUT2D eigenvalue weighted by atomic mass is 10.1. The Bertz CT molecular complexity index is 485. The smallest absolute Gasteiger partial charge is 0.157 e. The van der Waals surface area contributed by atoms with Crippen LogP contribution in [0.5, 0.6) is 0 Å². The molecule has 5 heteroatoms. The Labute approximate surface area is 108 Å². The van der Waals surface area contributed by atoms with E-state index in [2.05, 4.69) is 0 Å². The second-order valence-corrected chi connectivity index (χ2v) is 6.98. The summed E-state index contributed by atoms with van der Waals surface area (Å²) in [6.07, 6.45) is 0.612. The van der Waals surface area contributed by atoms with Crippen LogP contribution < -0.4 is 5.73 Å². The van der Waals surface area contributed by atoms with Crippen LogP contribution in [-0.4, -0.2) is 13.7 Å². The summed E-state index contributed by atoms with van der Waals surface area (Å²) >= 11 is 6.04. The van der Waals surface area contributed by atoms with Crippen LogP contribution in [0.2, 0.25) is 5.02 Å².